The number of ether oxygens (including phenoxy) is 2. The van der Waals surface area contributed by atoms with E-state index in [0.717, 1.165) is 25.3 Å². The fourth-order valence-electron chi connectivity index (χ4n) is 2.17. The number of rotatable bonds is 9. The molecule has 2 heterocycles. The lowest BCUT2D eigenvalue weighted by molar-refractivity contribution is 0.0669. The van der Waals surface area contributed by atoms with E-state index < -0.39 is 0 Å². The van der Waals surface area contributed by atoms with E-state index in [1.807, 2.05) is 12.3 Å². The Labute approximate surface area is 119 Å². The van der Waals surface area contributed by atoms with Gasteiger partial charge < -0.3 is 19.4 Å². The second-order valence-corrected chi connectivity index (χ2v) is 4.61. The minimum atomic E-state index is 0.632. The van der Waals surface area contributed by atoms with E-state index in [2.05, 4.69) is 34.1 Å². The van der Waals surface area contributed by atoms with Gasteiger partial charge in [-0.2, -0.15) is 0 Å². The summed E-state index contributed by atoms with van der Waals surface area (Å²) >= 11 is 0. The predicted octanol–water partition coefficient (Wildman–Crippen LogP) is 1.81. The highest BCUT2D eigenvalue weighted by molar-refractivity contribution is 5.80. The molecule has 2 rings (SSSR count). The van der Waals surface area contributed by atoms with E-state index in [1.54, 1.807) is 7.11 Å². The Morgan fingerprint density at radius 1 is 1.30 bits per heavy atom. The molecule has 0 fully saturated rings. The molecule has 0 spiro atoms. The first-order valence-electron chi connectivity index (χ1n) is 7.07. The summed E-state index contributed by atoms with van der Waals surface area (Å²) in [5.41, 5.74) is 2.31. The minimum Gasteiger partial charge on any atom is -0.382 e. The lowest BCUT2D eigenvalue weighted by Crippen LogP contribution is -2.11. The zero-order valence-electron chi connectivity index (χ0n) is 12.3. The third-order valence-electron chi connectivity index (χ3n) is 3.19. The molecule has 2 aromatic rings. The van der Waals surface area contributed by atoms with Crippen molar-refractivity contribution in [1.82, 2.24) is 14.9 Å². The van der Waals surface area contributed by atoms with Crippen molar-refractivity contribution in [3.05, 3.63) is 30.1 Å². The summed E-state index contributed by atoms with van der Waals surface area (Å²) in [5, 5.41) is 4.58. The fourth-order valence-corrected chi connectivity index (χ4v) is 2.17. The Bertz CT molecular complexity index is 525. The third kappa shape index (κ3) is 3.79. The molecule has 20 heavy (non-hydrogen) atoms. The molecular weight excluding hydrogens is 254 g/mol. The number of hydrogen-bond donors (Lipinski definition) is 1. The van der Waals surface area contributed by atoms with Crippen molar-refractivity contribution in [2.24, 2.45) is 0 Å². The van der Waals surface area contributed by atoms with Crippen LogP contribution in [0.3, 0.4) is 0 Å². The number of fused-ring (bicyclic) bond motifs is 1. The maximum atomic E-state index is 5.53. The average molecular weight is 277 g/mol. The van der Waals surface area contributed by atoms with Crippen LogP contribution in [-0.2, 0) is 22.6 Å². The van der Waals surface area contributed by atoms with Crippen LogP contribution < -0.4 is 5.32 Å². The molecule has 1 N–H and O–H groups in total. The van der Waals surface area contributed by atoms with E-state index in [0.29, 0.717) is 19.8 Å². The molecule has 0 saturated heterocycles. The normalized spacial score (nSPS) is 11.3. The molecule has 0 amide bonds. The first-order chi connectivity index (χ1) is 9.86. The van der Waals surface area contributed by atoms with E-state index in [1.165, 1.54) is 10.9 Å². The number of nitrogens with zero attached hydrogens (tertiary/aromatic N) is 2. The van der Waals surface area contributed by atoms with Crippen molar-refractivity contribution in [3.8, 4) is 0 Å². The Morgan fingerprint density at radius 2 is 2.20 bits per heavy atom. The lowest BCUT2D eigenvalue weighted by Gasteiger charge is -2.05. The maximum Gasteiger partial charge on any atom is 0.140 e. The Morgan fingerprint density at radius 3 is 3.00 bits per heavy atom. The second kappa shape index (κ2) is 7.99. The van der Waals surface area contributed by atoms with Gasteiger partial charge in [0, 0.05) is 38.0 Å². The zero-order chi connectivity index (χ0) is 14.2. The van der Waals surface area contributed by atoms with Crippen LogP contribution in [-0.4, -0.2) is 43.0 Å². The number of methoxy groups -OCH3 is 1. The summed E-state index contributed by atoms with van der Waals surface area (Å²) in [6, 6.07) is 4.11. The summed E-state index contributed by atoms with van der Waals surface area (Å²) in [7, 11) is 1.68. The molecule has 0 saturated carbocycles. The van der Waals surface area contributed by atoms with Crippen molar-refractivity contribution in [3.63, 3.8) is 0 Å². The van der Waals surface area contributed by atoms with Gasteiger partial charge in [0.1, 0.15) is 5.65 Å². The smallest absolute Gasteiger partial charge is 0.140 e. The van der Waals surface area contributed by atoms with Crippen LogP contribution in [0.25, 0.3) is 11.0 Å². The number of nitrogens with one attached hydrogen (secondary N) is 1. The second-order valence-electron chi connectivity index (χ2n) is 4.61. The summed E-state index contributed by atoms with van der Waals surface area (Å²) < 4.78 is 12.6. The quantitative estimate of drug-likeness (QED) is 0.710. The summed E-state index contributed by atoms with van der Waals surface area (Å²) in [4.78, 5) is 4.48. The van der Waals surface area contributed by atoms with Gasteiger partial charge in [0.25, 0.3) is 0 Å². The van der Waals surface area contributed by atoms with Crippen molar-refractivity contribution in [2.75, 3.05) is 33.5 Å². The predicted molar refractivity (Wildman–Crippen MR) is 79.8 cm³/mol. The Balaban J connectivity index is 2.04. The monoisotopic (exact) mass is 277 g/mol. The Kier molecular flexibility index (Phi) is 5.98. The summed E-state index contributed by atoms with van der Waals surface area (Å²) in [6.07, 6.45) is 4.00. The maximum absolute atomic E-state index is 5.53. The van der Waals surface area contributed by atoms with Gasteiger partial charge in [0.15, 0.2) is 0 Å². The highest BCUT2D eigenvalue weighted by atomic mass is 16.5. The topological polar surface area (TPSA) is 48.3 Å². The molecule has 0 aliphatic heterocycles. The zero-order valence-corrected chi connectivity index (χ0v) is 12.3. The largest absolute Gasteiger partial charge is 0.382 e. The minimum absolute atomic E-state index is 0.632. The third-order valence-corrected chi connectivity index (χ3v) is 3.19. The standard InChI is InChI=1S/C15H23N3O2/c1-3-16-11-13-12-18(7-8-20-10-9-19-2)15-14(13)5-4-6-17-15/h4-6,12,16H,3,7-11H2,1-2H3. The van der Waals surface area contributed by atoms with Crippen LogP contribution in [0, 0.1) is 0 Å². The van der Waals surface area contributed by atoms with Crippen LogP contribution in [0.1, 0.15) is 12.5 Å². The molecule has 0 radical (unpaired) electrons. The van der Waals surface area contributed by atoms with Gasteiger partial charge in [-0.15, -0.1) is 0 Å². The number of hydrogen-bond acceptors (Lipinski definition) is 4. The van der Waals surface area contributed by atoms with Crippen molar-refractivity contribution >= 4 is 11.0 Å². The molecule has 0 aliphatic rings. The highest BCUT2D eigenvalue weighted by Gasteiger charge is 2.08. The van der Waals surface area contributed by atoms with Gasteiger partial charge >= 0.3 is 0 Å². The van der Waals surface area contributed by atoms with Gasteiger partial charge in [0.05, 0.1) is 19.8 Å². The molecule has 0 aliphatic carbocycles. The van der Waals surface area contributed by atoms with Crippen LogP contribution in [0.5, 0.6) is 0 Å². The van der Waals surface area contributed by atoms with E-state index in [9.17, 15) is 0 Å². The van der Waals surface area contributed by atoms with Gasteiger partial charge in [-0.05, 0) is 24.2 Å². The van der Waals surface area contributed by atoms with Gasteiger partial charge in [-0.3, -0.25) is 0 Å². The molecule has 0 aromatic carbocycles. The van der Waals surface area contributed by atoms with Gasteiger partial charge in [-0.1, -0.05) is 6.92 Å². The van der Waals surface area contributed by atoms with Gasteiger partial charge in [0.2, 0.25) is 0 Å². The SMILES string of the molecule is CCNCc1cn(CCOCCOC)c2ncccc12. The molecule has 0 unspecified atom stereocenters. The van der Waals surface area contributed by atoms with Crippen molar-refractivity contribution in [2.45, 2.75) is 20.0 Å². The summed E-state index contributed by atoms with van der Waals surface area (Å²) in [6.45, 7) is 6.70. The van der Waals surface area contributed by atoms with Crippen molar-refractivity contribution < 1.29 is 9.47 Å². The first-order valence-corrected chi connectivity index (χ1v) is 7.07. The first kappa shape index (κ1) is 15.0. The number of aromatic nitrogens is 2. The van der Waals surface area contributed by atoms with Crippen LogP contribution in [0.15, 0.2) is 24.5 Å². The lowest BCUT2D eigenvalue weighted by atomic mass is 10.2. The molecule has 5 nitrogen and oxygen atoms in total. The van der Waals surface area contributed by atoms with E-state index in [4.69, 9.17) is 9.47 Å². The highest BCUT2D eigenvalue weighted by Crippen LogP contribution is 2.19. The average Bonchev–Trinajstić information content (AvgIpc) is 2.83. The number of pyridine rings is 1. The summed E-state index contributed by atoms with van der Waals surface area (Å²) in [5.74, 6) is 0. The molecular formula is C15H23N3O2. The van der Waals surface area contributed by atoms with E-state index >= 15 is 0 Å². The Hall–Kier alpha value is -1.43. The van der Waals surface area contributed by atoms with Crippen LogP contribution in [0.2, 0.25) is 0 Å². The fraction of sp³-hybridized carbons (Fsp3) is 0.533. The molecule has 5 heteroatoms. The van der Waals surface area contributed by atoms with Gasteiger partial charge in [-0.25, -0.2) is 4.98 Å². The van der Waals surface area contributed by atoms with Crippen LogP contribution in [0.4, 0.5) is 0 Å². The molecule has 110 valence electrons. The van der Waals surface area contributed by atoms with Crippen molar-refractivity contribution in [1.29, 1.82) is 0 Å². The van der Waals surface area contributed by atoms with E-state index in [-0.39, 0.29) is 0 Å². The molecule has 2 aromatic heterocycles. The van der Waals surface area contributed by atoms with Crippen LogP contribution >= 0.6 is 0 Å². The molecule has 0 bridgehead atoms. The molecule has 0 atom stereocenters.